The summed E-state index contributed by atoms with van der Waals surface area (Å²) in [7, 11) is 1.90. The number of nitrogens with zero attached hydrogens (tertiary/aromatic N) is 1. The molecule has 0 heterocycles. The Bertz CT molecular complexity index is 440. The molecule has 1 aromatic rings. The molecule has 0 aliphatic heterocycles. The number of nitrogens with one attached hydrogen (secondary N) is 1. The Hall–Kier alpha value is -0.970. The average Bonchev–Trinajstić information content (AvgIpc) is 2.21. The van der Waals surface area contributed by atoms with Gasteiger partial charge in [0.1, 0.15) is 0 Å². The Kier molecular flexibility index (Phi) is 5.91. The van der Waals surface area contributed by atoms with E-state index in [1.54, 1.807) is 12.1 Å². The lowest BCUT2D eigenvalue weighted by atomic mass is 10.2. The van der Waals surface area contributed by atoms with Crippen molar-refractivity contribution in [3.8, 4) is 0 Å². The van der Waals surface area contributed by atoms with Crippen molar-refractivity contribution < 1.29 is 4.79 Å². The summed E-state index contributed by atoms with van der Waals surface area (Å²) in [5.74, 6) is 0.348. The van der Waals surface area contributed by atoms with Crippen LogP contribution < -0.4 is 11.1 Å². The van der Waals surface area contributed by atoms with Gasteiger partial charge >= 0.3 is 0 Å². The van der Waals surface area contributed by atoms with Crippen LogP contribution in [0.1, 0.15) is 13.8 Å². The molecule has 0 spiro atoms. The number of carbonyl (C=O) groups excluding carboxylic acids is 1. The average molecular weight is 304 g/mol. The number of likely N-dealkylation sites (N-methyl/N-ethyl adjacent to an activating group) is 1. The van der Waals surface area contributed by atoms with E-state index in [2.05, 4.69) is 19.2 Å². The molecule has 0 saturated carbocycles. The topological polar surface area (TPSA) is 58.4 Å². The lowest BCUT2D eigenvalue weighted by Crippen LogP contribution is -2.32. The van der Waals surface area contributed by atoms with Gasteiger partial charge in [0.05, 0.1) is 22.9 Å². The van der Waals surface area contributed by atoms with E-state index in [0.29, 0.717) is 27.3 Å². The van der Waals surface area contributed by atoms with Crippen LogP contribution in [0, 0.1) is 5.92 Å². The first-order chi connectivity index (χ1) is 8.79. The molecule has 19 heavy (non-hydrogen) atoms. The molecule has 0 aliphatic carbocycles. The van der Waals surface area contributed by atoms with Gasteiger partial charge in [0.25, 0.3) is 0 Å². The quantitative estimate of drug-likeness (QED) is 0.822. The van der Waals surface area contributed by atoms with Gasteiger partial charge in [0, 0.05) is 11.6 Å². The SMILES string of the molecule is CC(C)CN(C)CC(=O)Nc1c(N)cc(Cl)cc1Cl. The van der Waals surface area contributed by atoms with Crippen molar-refractivity contribution >= 4 is 40.5 Å². The minimum atomic E-state index is -0.154. The van der Waals surface area contributed by atoms with Gasteiger partial charge in [-0.25, -0.2) is 0 Å². The van der Waals surface area contributed by atoms with Crippen LogP contribution in [0.4, 0.5) is 11.4 Å². The standard InChI is InChI=1S/C13H19Cl2N3O/c1-8(2)6-18(3)7-12(19)17-13-10(15)4-9(14)5-11(13)16/h4-5,8H,6-7,16H2,1-3H3,(H,17,19). The minimum Gasteiger partial charge on any atom is -0.397 e. The van der Waals surface area contributed by atoms with Crippen molar-refractivity contribution in [1.82, 2.24) is 4.90 Å². The van der Waals surface area contributed by atoms with Crippen molar-refractivity contribution in [2.75, 3.05) is 31.2 Å². The van der Waals surface area contributed by atoms with Gasteiger partial charge in [0.15, 0.2) is 0 Å². The Morgan fingerprint density at radius 2 is 2.05 bits per heavy atom. The third-order valence-electron chi connectivity index (χ3n) is 2.44. The van der Waals surface area contributed by atoms with Gasteiger partial charge in [-0.05, 0) is 25.1 Å². The zero-order valence-electron chi connectivity index (χ0n) is 11.3. The van der Waals surface area contributed by atoms with Crippen LogP contribution in [0.5, 0.6) is 0 Å². The normalized spacial score (nSPS) is 11.1. The predicted molar refractivity (Wildman–Crippen MR) is 81.8 cm³/mol. The number of anilines is 2. The molecule has 1 amide bonds. The predicted octanol–water partition coefficient (Wildman–Crippen LogP) is 3.10. The molecular formula is C13H19Cl2N3O. The molecule has 0 aliphatic rings. The number of rotatable bonds is 5. The Labute approximate surface area is 123 Å². The highest BCUT2D eigenvalue weighted by Gasteiger charge is 2.12. The van der Waals surface area contributed by atoms with Gasteiger partial charge in [-0.1, -0.05) is 37.0 Å². The molecule has 6 heteroatoms. The van der Waals surface area contributed by atoms with Crippen molar-refractivity contribution in [1.29, 1.82) is 0 Å². The number of halogens is 2. The molecule has 3 N–H and O–H groups in total. The first-order valence-electron chi connectivity index (χ1n) is 6.02. The van der Waals surface area contributed by atoms with Crippen LogP contribution in [0.3, 0.4) is 0 Å². The van der Waals surface area contributed by atoms with Crippen molar-refractivity contribution in [3.63, 3.8) is 0 Å². The van der Waals surface area contributed by atoms with Crippen LogP contribution in [0.25, 0.3) is 0 Å². The Morgan fingerprint density at radius 3 is 2.58 bits per heavy atom. The van der Waals surface area contributed by atoms with E-state index >= 15 is 0 Å². The Morgan fingerprint density at radius 1 is 1.42 bits per heavy atom. The fourth-order valence-corrected chi connectivity index (χ4v) is 2.39. The van der Waals surface area contributed by atoms with E-state index in [4.69, 9.17) is 28.9 Å². The molecule has 4 nitrogen and oxygen atoms in total. The second-order valence-electron chi connectivity index (χ2n) is 4.99. The maximum atomic E-state index is 11.9. The van der Waals surface area contributed by atoms with Gasteiger partial charge in [0.2, 0.25) is 5.91 Å². The van der Waals surface area contributed by atoms with Gasteiger partial charge in [-0.3, -0.25) is 9.69 Å². The van der Waals surface area contributed by atoms with E-state index in [9.17, 15) is 4.79 Å². The van der Waals surface area contributed by atoms with Crippen LogP contribution >= 0.6 is 23.2 Å². The van der Waals surface area contributed by atoms with Crippen LogP contribution in [-0.2, 0) is 4.79 Å². The summed E-state index contributed by atoms with van der Waals surface area (Å²) in [6, 6.07) is 3.10. The second kappa shape index (κ2) is 6.98. The summed E-state index contributed by atoms with van der Waals surface area (Å²) in [5.41, 5.74) is 6.55. The van der Waals surface area contributed by atoms with Crippen LogP contribution in [0.2, 0.25) is 10.0 Å². The maximum Gasteiger partial charge on any atom is 0.238 e. The largest absolute Gasteiger partial charge is 0.397 e. The maximum absolute atomic E-state index is 11.9. The molecular weight excluding hydrogens is 285 g/mol. The fourth-order valence-electron chi connectivity index (χ4n) is 1.84. The first-order valence-corrected chi connectivity index (χ1v) is 6.78. The van der Waals surface area contributed by atoms with Crippen molar-refractivity contribution in [2.24, 2.45) is 5.92 Å². The van der Waals surface area contributed by atoms with Gasteiger partial charge < -0.3 is 11.1 Å². The molecule has 1 rings (SSSR count). The zero-order valence-corrected chi connectivity index (χ0v) is 12.8. The number of hydrogen-bond acceptors (Lipinski definition) is 3. The highest BCUT2D eigenvalue weighted by Crippen LogP contribution is 2.31. The lowest BCUT2D eigenvalue weighted by Gasteiger charge is -2.19. The third kappa shape index (κ3) is 5.27. The number of benzene rings is 1. The molecule has 0 aromatic heterocycles. The second-order valence-corrected chi connectivity index (χ2v) is 5.83. The number of nitrogens with two attached hydrogens (primary N) is 1. The van der Waals surface area contributed by atoms with Crippen molar-refractivity contribution in [3.05, 3.63) is 22.2 Å². The van der Waals surface area contributed by atoms with Gasteiger partial charge in [-0.2, -0.15) is 0 Å². The van der Waals surface area contributed by atoms with E-state index in [1.807, 2.05) is 11.9 Å². The lowest BCUT2D eigenvalue weighted by molar-refractivity contribution is -0.117. The van der Waals surface area contributed by atoms with Crippen LogP contribution in [-0.4, -0.2) is 30.9 Å². The summed E-state index contributed by atoms with van der Waals surface area (Å²) < 4.78 is 0. The number of amides is 1. The summed E-state index contributed by atoms with van der Waals surface area (Å²) in [6.07, 6.45) is 0. The van der Waals surface area contributed by atoms with E-state index in [-0.39, 0.29) is 12.5 Å². The summed E-state index contributed by atoms with van der Waals surface area (Å²) in [6.45, 7) is 5.33. The molecule has 0 unspecified atom stereocenters. The smallest absolute Gasteiger partial charge is 0.238 e. The van der Waals surface area contributed by atoms with E-state index in [1.165, 1.54) is 0 Å². The number of hydrogen-bond donors (Lipinski definition) is 2. The summed E-state index contributed by atoms with van der Waals surface area (Å²) in [4.78, 5) is 13.8. The van der Waals surface area contributed by atoms with Gasteiger partial charge in [-0.15, -0.1) is 0 Å². The monoisotopic (exact) mass is 303 g/mol. The molecule has 1 aromatic carbocycles. The molecule has 0 fully saturated rings. The van der Waals surface area contributed by atoms with Crippen molar-refractivity contribution in [2.45, 2.75) is 13.8 Å². The first kappa shape index (κ1) is 16.1. The Balaban J connectivity index is 2.67. The highest BCUT2D eigenvalue weighted by molar-refractivity contribution is 6.37. The minimum absolute atomic E-state index is 0.154. The molecule has 0 radical (unpaired) electrons. The van der Waals surface area contributed by atoms with Crippen LogP contribution in [0.15, 0.2) is 12.1 Å². The van der Waals surface area contributed by atoms with E-state index < -0.39 is 0 Å². The number of nitrogen functional groups attached to an aromatic ring is 1. The number of carbonyl (C=O) groups is 1. The molecule has 0 atom stereocenters. The highest BCUT2D eigenvalue weighted by atomic mass is 35.5. The summed E-state index contributed by atoms with van der Waals surface area (Å²) >= 11 is 11.8. The van der Waals surface area contributed by atoms with E-state index in [0.717, 1.165) is 6.54 Å². The molecule has 0 bridgehead atoms. The molecule has 106 valence electrons. The fraction of sp³-hybridized carbons (Fsp3) is 0.462. The zero-order chi connectivity index (χ0) is 14.6. The summed E-state index contributed by atoms with van der Waals surface area (Å²) in [5, 5.41) is 3.49. The molecule has 0 saturated heterocycles. The third-order valence-corrected chi connectivity index (χ3v) is 2.96.